The molecule has 2 aliphatic rings. The second kappa shape index (κ2) is 9.46. The Morgan fingerprint density at radius 3 is 2.73 bits per heavy atom. The van der Waals surface area contributed by atoms with Crippen molar-refractivity contribution in [3.63, 3.8) is 0 Å². The third kappa shape index (κ3) is 4.57. The van der Waals surface area contributed by atoms with Gasteiger partial charge in [0.2, 0.25) is 5.95 Å². The fraction of sp³-hybridized carbons (Fsp3) is 0.429. The number of likely N-dealkylation sites (tertiary alicyclic amines) is 1. The molecule has 1 fully saturated rings. The number of hydrogen-bond acceptors (Lipinski definition) is 7. The van der Waals surface area contributed by atoms with Gasteiger partial charge in [-0.05, 0) is 49.7 Å². The van der Waals surface area contributed by atoms with Gasteiger partial charge in [-0.1, -0.05) is 26.0 Å². The first-order valence-electron chi connectivity index (χ1n) is 13.0. The van der Waals surface area contributed by atoms with E-state index in [2.05, 4.69) is 57.1 Å². The number of aryl methyl sites for hydroxylation is 1. The van der Waals surface area contributed by atoms with Gasteiger partial charge in [0.05, 0.1) is 11.7 Å². The molecule has 2 aliphatic heterocycles. The Morgan fingerprint density at radius 1 is 1.08 bits per heavy atom. The van der Waals surface area contributed by atoms with Crippen LogP contribution in [0.2, 0.25) is 0 Å². The minimum Gasteiger partial charge on any atom is -0.309 e. The number of rotatable bonds is 5. The zero-order chi connectivity index (χ0) is 25.7. The fourth-order valence-corrected chi connectivity index (χ4v) is 5.82. The van der Waals surface area contributed by atoms with Crippen LogP contribution in [0.15, 0.2) is 36.5 Å². The maximum absolute atomic E-state index is 14.9. The first-order chi connectivity index (χ1) is 17.9. The van der Waals surface area contributed by atoms with Gasteiger partial charge in [0.1, 0.15) is 11.5 Å². The molecule has 37 heavy (non-hydrogen) atoms. The summed E-state index contributed by atoms with van der Waals surface area (Å²) in [6, 6.07) is 10.5. The van der Waals surface area contributed by atoms with E-state index in [0.717, 1.165) is 48.3 Å². The van der Waals surface area contributed by atoms with Crippen LogP contribution in [0.25, 0.3) is 22.2 Å². The third-order valence-corrected chi connectivity index (χ3v) is 7.64. The molecule has 0 aliphatic carbocycles. The molecule has 8 nitrogen and oxygen atoms in total. The van der Waals surface area contributed by atoms with E-state index in [1.165, 1.54) is 24.7 Å². The molecule has 6 rings (SSSR count). The molecule has 1 unspecified atom stereocenters. The highest BCUT2D eigenvalue weighted by molar-refractivity contribution is 5.86. The van der Waals surface area contributed by atoms with Crippen molar-refractivity contribution in [3.8, 4) is 11.3 Å². The van der Waals surface area contributed by atoms with Crippen LogP contribution in [0.3, 0.4) is 0 Å². The second-order valence-electron chi connectivity index (χ2n) is 10.6. The van der Waals surface area contributed by atoms with Crippen molar-refractivity contribution in [1.82, 2.24) is 34.5 Å². The molecule has 192 valence electrons. The van der Waals surface area contributed by atoms with Gasteiger partial charge < -0.3 is 10.2 Å². The lowest BCUT2D eigenvalue weighted by Gasteiger charge is -2.33. The van der Waals surface area contributed by atoms with Gasteiger partial charge >= 0.3 is 0 Å². The lowest BCUT2D eigenvalue weighted by Crippen LogP contribution is -2.40. The maximum atomic E-state index is 14.9. The average molecular weight is 501 g/mol. The molecule has 1 atom stereocenters. The molecule has 3 aromatic heterocycles. The van der Waals surface area contributed by atoms with Crippen molar-refractivity contribution in [2.45, 2.75) is 45.2 Å². The normalized spacial score (nSPS) is 18.6. The number of benzene rings is 1. The Hall–Kier alpha value is -3.43. The summed E-state index contributed by atoms with van der Waals surface area (Å²) in [5.41, 5.74) is 5.34. The van der Waals surface area contributed by atoms with E-state index in [0.29, 0.717) is 29.3 Å². The second-order valence-corrected chi connectivity index (χ2v) is 10.6. The molecule has 1 N–H and O–H groups in total. The van der Waals surface area contributed by atoms with Gasteiger partial charge in [-0.15, -0.1) is 0 Å². The van der Waals surface area contributed by atoms with Crippen molar-refractivity contribution >= 4 is 22.7 Å². The van der Waals surface area contributed by atoms with Crippen LogP contribution in [-0.4, -0.2) is 67.3 Å². The summed E-state index contributed by atoms with van der Waals surface area (Å²) in [4.78, 5) is 18.6. The molecule has 4 aromatic rings. The number of anilines is 2. The molecule has 0 amide bonds. The third-order valence-electron chi connectivity index (χ3n) is 7.64. The first-order valence-corrected chi connectivity index (χ1v) is 13.0. The highest BCUT2D eigenvalue weighted by atomic mass is 19.1. The Bertz CT molecular complexity index is 1460. The number of fused-ring (bicyclic) bond motifs is 2. The van der Waals surface area contributed by atoms with Crippen molar-refractivity contribution in [2.75, 3.05) is 32.0 Å². The van der Waals surface area contributed by atoms with Gasteiger partial charge in [0, 0.05) is 61.5 Å². The van der Waals surface area contributed by atoms with Crippen LogP contribution in [0.1, 0.15) is 43.1 Å². The molecule has 5 heterocycles. The minimum absolute atomic E-state index is 0.257. The number of pyridine rings is 1. The number of aromatic nitrogens is 5. The lowest BCUT2D eigenvalue weighted by molar-refractivity contribution is 0.179. The molecule has 9 heteroatoms. The number of nitrogens with zero attached hydrogens (tertiary/aromatic N) is 7. The topological polar surface area (TPSA) is 75.0 Å². The molecular formula is C28H33FN8. The average Bonchev–Trinajstić information content (AvgIpc) is 3.46. The van der Waals surface area contributed by atoms with Gasteiger partial charge in [-0.25, -0.2) is 19.3 Å². The predicted molar refractivity (Wildman–Crippen MR) is 143 cm³/mol. The highest BCUT2D eigenvalue weighted by Crippen LogP contribution is 2.31. The summed E-state index contributed by atoms with van der Waals surface area (Å²) in [5, 5.41) is 8.80. The fourth-order valence-electron chi connectivity index (χ4n) is 5.82. The Labute approximate surface area is 216 Å². The minimum atomic E-state index is -0.462. The summed E-state index contributed by atoms with van der Waals surface area (Å²) in [6.07, 6.45) is 3.37. The Balaban J connectivity index is 1.24. The maximum Gasteiger partial charge on any atom is 0.229 e. The van der Waals surface area contributed by atoms with E-state index in [-0.39, 0.29) is 5.69 Å². The first kappa shape index (κ1) is 23.9. The van der Waals surface area contributed by atoms with Crippen molar-refractivity contribution < 1.29 is 4.39 Å². The number of likely N-dealkylation sites (N-methyl/N-ethyl adjacent to an activating group) is 1. The Kier molecular flexibility index (Phi) is 6.12. The predicted octanol–water partition coefficient (Wildman–Crippen LogP) is 4.49. The quantitative estimate of drug-likeness (QED) is 0.433. The SMILES string of the molecule is CC(C)c1c2cc(-c3nc(Nc4ccc5c(n4)CCN(C4CCN(C)C4)C5)ncc3F)ccc2nn1C. The van der Waals surface area contributed by atoms with Gasteiger partial charge in [-0.2, -0.15) is 5.10 Å². The summed E-state index contributed by atoms with van der Waals surface area (Å²) in [7, 11) is 4.14. The number of hydrogen-bond donors (Lipinski definition) is 1. The largest absolute Gasteiger partial charge is 0.309 e. The molecule has 0 bridgehead atoms. The monoisotopic (exact) mass is 500 g/mol. The van der Waals surface area contributed by atoms with Crippen LogP contribution in [-0.2, 0) is 20.0 Å². The van der Waals surface area contributed by atoms with Crippen LogP contribution < -0.4 is 5.32 Å². The molecule has 0 radical (unpaired) electrons. The highest BCUT2D eigenvalue weighted by Gasteiger charge is 2.29. The van der Waals surface area contributed by atoms with E-state index < -0.39 is 5.82 Å². The van der Waals surface area contributed by atoms with Crippen LogP contribution >= 0.6 is 0 Å². The van der Waals surface area contributed by atoms with Gasteiger partial charge in [0.15, 0.2) is 5.82 Å². The van der Waals surface area contributed by atoms with E-state index in [4.69, 9.17) is 4.98 Å². The van der Waals surface area contributed by atoms with Crippen molar-refractivity contribution in [3.05, 3.63) is 59.3 Å². The van der Waals surface area contributed by atoms with Crippen LogP contribution in [0.5, 0.6) is 0 Å². The number of nitrogens with one attached hydrogen (secondary N) is 1. The van der Waals surface area contributed by atoms with E-state index in [1.807, 2.05) is 36.0 Å². The zero-order valence-electron chi connectivity index (χ0n) is 21.9. The summed E-state index contributed by atoms with van der Waals surface area (Å²) < 4.78 is 16.8. The summed E-state index contributed by atoms with van der Waals surface area (Å²) in [6.45, 7) is 8.53. The molecule has 1 aromatic carbocycles. The van der Waals surface area contributed by atoms with Crippen LogP contribution in [0, 0.1) is 5.82 Å². The molecule has 0 saturated carbocycles. The summed E-state index contributed by atoms with van der Waals surface area (Å²) >= 11 is 0. The van der Waals surface area contributed by atoms with E-state index in [9.17, 15) is 4.39 Å². The standard InChI is InChI=1S/C28H33FN8/c1-17(2)27-21-13-18(5-7-24(21)34-36(27)4)26-22(29)14-30-28(33-26)32-25-8-6-19-15-37(12-10-23(19)31-25)20-9-11-35(3)16-20/h5-8,13-14,17,20H,9-12,15-16H2,1-4H3,(H,30,31,32,33). The van der Waals surface area contributed by atoms with Crippen LogP contribution in [0.4, 0.5) is 16.2 Å². The van der Waals surface area contributed by atoms with E-state index >= 15 is 0 Å². The zero-order valence-corrected chi connectivity index (χ0v) is 21.9. The van der Waals surface area contributed by atoms with Crippen molar-refractivity contribution in [1.29, 1.82) is 0 Å². The van der Waals surface area contributed by atoms with Crippen molar-refractivity contribution in [2.24, 2.45) is 7.05 Å². The molecular weight excluding hydrogens is 467 g/mol. The molecule has 0 spiro atoms. The lowest BCUT2D eigenvalue weighted by atomic mass is 10.0. The Morgan fingerprint density at radius 2 is 1.95 bits per heavy atom. The van der Waals surface area contributed by atoms with E-state index in [1.54, 1.807) is 0 Å². The smallest absolute Gasteiger partial charge is 0.229 e. The molecule has 1 saturated heterocycles. The van der Waals surface area contributed by atoms with Gasteiger partial charge in [-0.3, -0.25) is 9.58 Å². The number of halogens is 1. The summed E-state index contributed by atoms with van der Waals surface area (Å²) in [5.74, 6) is 0.830. The van der Waals surface area contributed by atoms with Gasteiger partial charge in [0.25, 0.3) is 0 Å².